The Kier molecular flexibility index (Phi) is 29.9. The molecular formula is C46H68N2O4. The van der Waals surface area contributed by atoms with Gasteiger partial charge in [-0.25, -0.2) is 0 Å². The second-order valence-electron chi connectivity index (χ2n) is 10.5. The maximum Gasteiger partial charge on any atom is 0.0696 e. The van der Waals surface area contributed by atoms with Crippen molar-refractivity contribution < 1.29 is 18.9 Å². The van der Waals surface area contributed by atoms with Gasteiger partial charge in [-0.15, -0.1) is 0 Å². The number of hydrogen-bond donors (Lipinski definition) is 0. The number of nitrogens with zero attached hydrogens (tertiary/aromatic N) is 2. The molecule has 0 bridgehead atoms. The predicted molar refractivity (Wildman–Crippen MR) is 229 cm³/mol. The Bertz CT molecular complexity index is 1350. The summed E-state index contributed by atoms with van der Waals surface area (Å²) in [5.41, 5.74) is 9.31. The van der Waals surface area contributed by atoms with E-state index in [2.05, 4.69) is 176 Å². The van der Waals surface area contributed by atoms with Crippen molar-refractivity contribution in [1.29, 1.82) is 0 Å². The molecule has 0 aromatic heterocycles. The van der Waals surface area contributed by atoms with E-state index < -0.39 is 0 Å². The standard InChI is InChI=1S/C32H28N2.2C4H10O2.2C2H6.2CH4/c1-25-13-17-29(18-14-25)33(27-9-5-3-6-10-27)31-21-23-32(24-22-31)34(28-11-7-4-8-12-28)30-19-15-26(2)16-20-30;2*1-5-3-4-6-2;2*1-2;;/h3-24H,1-2H3;2*3-4H2,1-2H3;2*1-2H3;2*1H4. The van der Waals surface area contributed by atoms with E-state index >= 15 is 0 Å². The largest absolute Gasteiger partial charge is 0.382 e. The highest BCUT2D eigenvalue weighted by molar-refractivity contribution is 5.81. The Balaban J connectivity index is 0. The summed E-state index contributed by atoms with van der Waals surface area (Å²) in [6.07, 6.45) is 0. The molecule has 0 unspecified atom stereocenters. The fourth-order valence-electron chi connectivity index (χ4n) is 4.52. The molecule has 0 saturated heterocycles. The van der Waals surface area contributed by atoms with Gasteiger partial charge in [0, 0.05) is 62.6 Å². The maximum absolute atomic E-state index is 4.66. The van der Waals surface area contributed by atoms with Crippen molar-refractivity contribution in [3.63, 3.8) is 0 Å². The third-order valence-electron chi connectivity index (χ3n) is 6.96. The number of hydrogen-bond acceptors (Lipinski definition) is 6. The molecule has 0 N–H and O–H groups in total. The lowest BCUT2D eigenvalue weighted by molar-refractivity contribution is 0.103. The van der Waals surface area contributed by atoms with E-state index in [-0.39, 0.29) is 14.9 Å². The minimum absolute atomic E-state index is 0. The Labute approximate surface area is 318 Å². The normalized spacial score (nSPS) is 9.27. The van der Waals surface area contributed by atoms with Crippen LogP contribution in [0.3, 0.4) is 0 Å². The lowest BCUT2D eigenvalue weighted by Gasteiger charge is -2.28. The van der Waals surface area contributed by atoms with Gasteiger partial charge in [0.15, 0.2) is 0 Å². The molecule has 0 heterocycles. The second kappa shape index (κ2) is 31.3. The molecule has 52 heavy (non-hydrogen) atoms. The van der Waals surface area contributed by atoms with Gasteiger partial charge in [-0.3, -0.25) is 0 Å². The molecule has 0 aliphatic carbocycles. The number of anilines is 6. The van der Waals surface area contributed by atoms with Crippen molar-refractivity contribution >= 4 is 34.1 Å². The molecule has 0 fully saturated rings. The second-order valence-corrected chi connectivity index (χ2v) is 10.5. The van der Waals surface area contributed by atoms with Crippen LogP contribution < -0.4 is 9.80 Å². The minimum atomic E-state index is 0. The molecule has 5 aromatic carbocycles. The summed E-state index contributed by atoms with van der Waals surface area (Å²) in [5.74, 6) is 0. The zero-order valence-corrected chi connectivity index (χ0v) is 32.1. The fourth-order valence-corrected chi connectivity index (χ4v) is 4.52. The average Bonchev–Trinajstić information content (AvgIpc) is 3.18. The van der Waals surface area contributed by atoms with Crippen molar-refractivity contribution in [2.75, 3.05) is 64.7 Å². The zero-order chi connectivity index (χ0) is 37.0. The first-order valence-corrected chi connectivity index (χ1v) is 17.4. The fraction of sp³-hybridized carbons (Fsp3) is 0.348. The third-order valence-corrected chi connectivity index (χ3v) is 6.96. The molecule has 0 aliphatic rings. The van der Waals surface area contributed by atoms with Gasteiger partial charge in [0.25, 0.3) is 0 Å². The van der Waals surface area contributed by atoms with Gasteiger partial charge in [0.1, 0.15) is 0 Å². The van der Waals surface area contributed by atoms with Crippen LogP contribution in [-0.2, 0) is 18.9 Å². The van der Waals surface area contributed by atoms with Gasteiger partial charge in [0.2, 0.25) is 0 Å². The molecule has 5 rings (SSSR count). The Morgan fingerprint density at radius 2 is 0.519 bits per heavy atom. The maximum atomic E-state index is 4.66. The molecule has 0 radical (unpaired) electrons. The number of ether oxygens (including phenoxy) is 4. The smallest absolute Gasteiger partial charge is 0.0696 e. The summed E-state index contributed by atoms with van der Waals surface area (Å²) < 4.78 is 18.6. The first-order valence-electron chi connectivity index (χ1n) is 17.4. The predicted octanol–water partition coefficient (Wildman–Crippen LogP) is 13.1. The van der Waals surface area contributed by atoms with Gasteiger partial charge < -0.3 is 28.7 Å². The lowest BCUT2D eigenvalue weighted by Crippen LogP contribution is -2.12. The van der Waals surface area contributed by atoms with Gasteiger partial charge in [-0.05, 0) is 86.6 Å². The molecule has 286 valence electrons. The lowest BCUT2D eigenvalue weighted by atomic mass is 10.1. The summed E-state index contributed by atoms with van der Waals surface area (Å²) in [7, 11) is 6.61. The van der Waals surface area contributed by atoms with Crippen molar-refractivity contribution in [2.45, 2.75) is 56.4 Å². The van der Waals surface area contributed by atoms with E-state index in [1.54, 1.807) is 28.4 Å². The van der Waals surface area contributed by atoms with Crippen LogP contribution in [0, 0.1) is 13.8 Å². The van der Waals surface area contributed by atoms with Gasteiger partial charge in [0.05, 0.1) is 26.4 Å². The Morgan fingerprint density at radius 3 is 0.731 bits per heavy atom. The average molecular weight is 713 g/mol. The van der Waals surface area contributed by atoms with E-state index in [1.807, 2.05) is 27.7 Å². The van der Waals surface area contributed by atoms with Crippen LogP contribution in [-0.4, -0.2) is 54.9 Å². The van der Waals surface area contributed by atoms with E-state index in [0.717, 1.165) is 34.1 Å². The van der Waals surface area contributed by atoms with Crippen LogP contribution in [0.15, 0.2) is 133 Å². The summed E-state index contributed by atoms with van der Waals surface area (Å²) in [6, 6.07) is 47.2. The summed E-state index contributed by atoms with van der Waals surface area (Å²) in [5, 5.41) is 0. The van der Waals surface area contributed by atoms with Crippen LogP contribution in [0.25, 0.3) is 0 Å². The summed E-state index contributed by atoms with van der Waals surface area (Å²) >= 11 is 0. The van der Waals surface area contributed by atoms with Crippen LogP contribution >= 0.6 is 0 Å². The number of methoxy groups -OCH3 is 4. The van der Waals surface area contributed by atoms with Gasteiger partial charge >= 0.3 is 0 Å². The van der Waals surface area contributed by atoms with Crippen molar-refractivity contribution in [2.24, 2.45) is 0 Å². The van der Waals surface area contributed by atoms with Gasteiger partial charge in [-0.1, -0.05) is 114 Å². The quantitative estimate of drug-likeness (QED) is 0.120. The number of para-hydroxylation sites is 2. The van der Waals surface area contributed by atoms with Crippen LogP contribution in [0.4, 0.5) is 34.1 Å². The number of aryl methyl sites for hydroxylation is 2. The van der Waals surface area contributed by atoms with E-state index in [9.17, 15) is 0 Å². The highest BCUT2D eigenvalue weighted by Crippen LogP contribution is 2.38. The molecule has 6 heteroatoms. The molecule has 0 amide bonds. The van der Waals surface area contributed by atoms with Crippen LogP contribution in [0.5, 0.6) is 0 Å². The molecule has 0 aliphatic heterocycles. The Hall–Kier alpha value is -4.46. The minimum Gasteiger partial charge on any atom is -0.382 e. The number of rotatable bonds is 12. The Morgan fingerprint density at radius 1 is 0.327 bits per heavy atom. The molecule has 6 nitrogen and oxygen atoms in total. The zero-order valence-electron chi connectivity index (χ0n) is 32.1. The van der Waals surface area contributed by atoms with Crippen molar-refractivity contribution in [1.82, 2.24) is 0 Å². The van der Waals surface area contributed by atoms with E-state index in [1.165, 1.54) is 11.1 Å². The van der Waals surface area contributed by atoms with Gasteiger partial charge in [-0.2, -0.15) is 0 Å². The van der Waals surface area contributed by atoms with E-state index in [0.29, 0.717) is 26.4 Å². The van der Waals surface area contributed by atoms with Crippen molar-refractivity contribution in [3.8, 4) is 0 Å². The van der Waals surface area contributed by atoms with Crippen molar-refractivity contribution in [3.05, 3.63) is 145 Å². The monoisotopic (exact) mass is 713 g/mol. The first kappa shape index (κ1) is 49.7. The third kappa shape index (κ3) is 17.7. The molecular weight excluding hydrogens is 645 g/mol. The summed E-state index contributed by atoms with van der Waals surface area (Å²) in [4.78, 5) is 4.59. The first-order chi connectivity index (χ1) is 24.5. The molecule has 0 atom stereocenters. The highest BCUT2D eigenvalue weighted by Gasteiger charge is 2.15. The molecule has 5 aromatic rings. The van der Waals surface area contributed by atoms with E-state index in [4.69, 9.17) is 0 Å². The number of benzene rings is 5. The molecule has 0 spiro atoms. The van der Waals surface area contributed by atoms with Crippen LogP contribution in [0.2, 0.25) is 0 Å². The topological polar surface area (TPSA) is 43.4 Å². The van der Waals surface area contributed by atoms with Crippen LogP contribution in [0.1, 0.15) is 53.7 Å². The molecule has 0 saturated carbocycles. The SMILES string of the molecule is C.C.CC.CC.COCCOC.COCCOC.Cc1ccc(N(c2ccccc2)c2ccc(N(c3ccccc3)c3ccc(C)cc3)cc2)cc1. The summed E-state index contributed by atoms with van der Waals surface area (Å²) in [6.45, 7) is 15.0. The highest BCUT2D eigenvalue weighted by atomic mass is 16.5.